The zero-order chi connectivity index (χ0) is 31.6. The van der Waals surface area contributed by atoms with Crippen LogP contribution in [0.5, 0.6) is 0 Å². The minimum absolute atomic E-state index is 0.956. The fourth-order valence-electron chi connectivity index (χ4n) is 7.53. The van der Waals surface area contributed by atoms with Gasteiger partial charge in [0.1, 0.15) is 0 Å². The van der Waals surface area contributed by atoms with Crippen LogP contribution in [0.25, 0.3) is 88.3 Å². The molecule has 3 aromatic heterocycles. The van der Waals surface area contributed by atoms with Gasteiger partial charge in [-0.25, -0.2) is 4.98 Å². The van der Waals surface area contributed by atoms with E-state index < -0.39 is 0 Å². The van der Waals surface area contributed by atoms with Crippen LogP contribution in [0.2, 0.25) is 0 Å². The SMILES string of the molecule is c1ccc(-c2cc(-c3ccc4ccccc4n3)cc(-n3c4ccccc4c4ccc5c6ccccc6n(-c6ccccc6)c5c43)c2)cc1. The summed E-state index contributed by atoms with van der Waals surface area (Å²) in [5, 5.41) is 6.08. The van der Waals surface area contributed by atoms with Crippen LogP contribution in [0.1, 0.15) is 0 Å². The number of pyridine rings is 1. The van der Waals surface area contributed by atoms with Gasteiger partial charge in [0.2, 0.25) is 0 Å². The minimum atomic E-state index is 0.956. The zero-order valence-corrected chi connectivity index (χ0v) is 26.1. The number of fused-ring (bicyclic) bond motifs is 8. The summed E-state index contributed by atoms with van der Waals surface area (Å²) >= 11 is 0. The highest BCUT2D eigenvalue weighted by Crippen LogP contribution is 2.42. The number of hydrogen-bond acceptors (Lipinski definition) is 1. The highest BCUT2D eigenvalue weighted by atomic mass is 15.0. The highest BCUT2D eigenvalue weighted by molar-refractivity contribution is 6.23. The van der Waals surface area contributed by atoms with E-state index >= 15 is 0 Å². The molecule has 0 N–H and O–H groups in total. The molecule has 7 aromatic carbocycles. The second-order valence-corrected chi connectivity index (χ2v) is 12.4. The largest absolute Gasteiger partial charge is 0.307 e. The normalized spacial score (nSPS) is 11.8. The van der Waals surface area contributed by atoms with E-state index in [9.17, 15) is 0 Å². The molecule has 224 valence electrons. The maximum Gasteiger partial charge on any atom is 0.0788 e. The lowest BCUT2D eigenvalue weighted by molar-refractivity contribution is 1.15. The summed E-state index contributed by atoms with van der Waals surface area (Å²) in [6.45, 7) is 0. The molecule has 0 saturated carbocycles. The van der Waals surface area contributed by atoms with Crippen LogP contribution in [0.3, 0.4) is 0 Å². The van der Waals surface area contributed by atoms with Crippen LogP contribution in [0, 0.1) is 0 Å². The molecular weight excluding hydrogens is 583 g/mol. The quantitative estimate of drug-likeness (QED) is 0.194. The van der Waals surface area contributed by atoms with Gasteiger partial charge in [-0.15, -0.1) is 0 Å². The van der Waals surface area contributed by atoms with Crippen LogP contribution >= 0.6 is 0 Å². The molecule has 0 aliphatic carbocycles. The Morgan fingerprint density at radius 3 is 1.62 bits per heavy atom. The molecule has 0 aliphatic rings. The van der Waals surface area contributed by atoms with Gasteiger partial charge in [-0.1, -0.05) is 121 Å². The summed E-state index contributed by atoms with van der Waals surface area (Å²) in [7, 11) is 0. The second-order valence-electron chi connectivity index (χ2n) is 12.4. The maximum absolute atomic E-state index is 5.15. The van der Waals surface area contributed by atoms with Gasteiger partial charge in [-0.2, -0.15) is 0 Å². The molecule has 3 nitrogen and oxygen atoms in total. The van der Waals surface area contributed by atoms with E-state index in [0.29, 0.717) is 0 Å². The molecule has 0 bridgehead atoms. The first-order valence-corrected chi connectivity index (χ1v) is 16.4. The van der Waals surface area contributed by atoms with E-state index in [1.807, 2.05) is 0 Å². The Kier molecular flexibility index (Phi) is 5.87. The number of hydrogen-bond donors (Lipinski definition) is 0. The lowest BCUT2D eigenvalue weighted by atomic mass is 9.99. The molecule has 0 unspecified atom stereocenters. The van der Waals surface area contributed by atoms with E-state index in [1.165, 1.54) is 49.2 Å². The van der Waals surface area contributed by atoms with Crippen LogP contribution in [0.4, 0.5) is 0 Å². The smallest absolute Gasteiger partial charge is 0.0788 e. The molecule has 3 heterocycles. The van der Waals surface area contributed by atoms with Crippen molar-refractivity contribution in [3.8, 4) is 33.8 Å². The molecule has 10 rings (SSSR count). The Morgan fingerprint density at radius 2 is 0.917 bits per heavy atom. The molecule has 0 fully saturated rings. The third kappa shape index (κ3) is 4.04. The van der Waals surface area contributed by atoms with Crippen molar-refractivity contribution in [1.82, 2.24) is 14.1 Å². The van der Waals surface area contributed by atoms with Gasteiger partial charge < -0.3 is 9.13 Å². The van der Waals surface area contributed by atoms with E-state index in [2.05, 4.69) is 185 Å². The predicted octanol–water partition coefficient (Wildman–Crippen LogP) is 11.8. The van der Waals surface area contributed by atoms with Crippen molar-refractivity contribution >= 4 is 54.5 Å². The van der Waals surface area contributed by atoms with Gasteiger partial charge in [0.25, 0.3) is 0 Å². The van der Waals surface area contributed by atoms with Crippen molar-refractivity contribution in [3.05, 3.63) is 176 Å². The molecule has 0 saturated heterocycles. The Balaban J connectivity index is 1.36. The van der Waals surface area contributed by atoms with Crippen molar-refractivity contribution < 1.29 is 0 Å². The van der Waals surface area contributed by atoms with Crippen molar-refractivity contribution in [2.75, 3.05) is 0 Å². The van der Waals surface area contributed by atoms with E-state index in [1.54, 1.807) is 0 Å². The van der Waals surface area contributed by atoms with Crippen LogP contribution < -0.4 is 0 Å². The Bertz CT molecular complexity index is 2820. The van der Waals surface area contributed by atoms with Gasteiger partial charge in [-0.05, 0) is 65.7 Å². The number of benzene rings is 7. The number of rotatable bonds is 4. The summed E-state index contributed by atoms with van der Waals surface area (Å²) in [6, 6.07) is 63.2. The third-order valence-electron chi connectivity index (χ3n) is 9.66. The van der Waals surface area contributed by atoms with E-state index in [-0.39, 0.29) is 0 Å². The Hall–Kier alpha value is -6.45. The molecule has 0 atom stereocenters. The molecule has 0 spiro atoms. The van der Waals surface area contributed by atoms with Crippen molar-refractivity contribution in [2.24, 2.45) is 0 Å². The maximum atomic E-state index is 5.15. The summed E-state index contributed by atoms with van der Waals surface area (Å²) in [6.07, 6.45) is 0. The van der Waals surface area contributed by atoms with Crippen LogP contribution in [-0.2, 0) is 0 Å². The summed E-state index contributed by atoms with van der Waals surface area (Å²) in [4.78, 5) is 5.15. The summed E-state index contributed by atoms with van der Waals surface area (Å²) in [5.41, 5.74) is 12.4. The van der Waals surface area contributed by atoms with Gasteiger partial charge in [0, 0.05) is 43.9 Å². The van der Waals surface area contributed by atoms with Crippen molar-refractivity contribution in [3.63, 3.8) is 0 Å². The lowest BCUT2D eigenvalue weighted by Crippen LogP contribution is -1.99. The Labute approximate surface area is 277 Å². The average Bonchev–Trinajstić information content (AvgIpc) is 3.68. The monoisotopic (exact) mass is 611 g/mol. The van der Waals surface area contributed by atoms with Gasteiger partial charge in [-0.3, -0.25) is 0 Å². The number of nitrogens with zero attached hydrogens (tertiary/aromatic N) is 3. The van der Waals surface area contributed by atoms with Crippen LogP contribution in [-0.4, -0.2) is 14.1 Å². The van der Waals surface area contributed by atoms with Crippen molar-refractivity contribution in [1.29, 1.82) is 0 Å². The van der Waals surface area contributed by atoms with Crippen molar-refractivity contribution in [2.45, 2.75) is 0 Å². The fourth-order valence-corrected chi connectivity index (χ4v) is 7.53. The average molecular weight is 612 g/mol. The third-order valence-corrected chi connectivity index (χ3v) is 9.66. The van der Waals surface area contributed by atoms with E-state index in [0.717, 1.165) is 39.1 Å². The second kappa shape index (κ2) is 10.5. The standard InChI is InChI=1S/C45H29N3/c1-3-13-30(14-4-1)32-27-33(41-26-23-31-15-7-10-20-40(31)46-41)29-35(28-32)48-43-22-12-9-19-37(43)39-25-24-38-36-18-8-11-21-42(36)47(44(38)45(39)48)34-16-5-2-6-17-34/h1-29H. The van der Waals surface area contributed by atoms with E-state index in [4.69, 9.17) is 4.98 Å². The lowest BCUT2D eigenvalue weighted by Gasteiger charge is -2.15. The molecule has 48 heavy (non-hydrogen) atoms. The number of aromatic nitrogens is 3. The first kappa shape index (κ1) is 26.7. The molecule has 0 amide bonds. The van der Waals surface area contributed by atoms with Crippen LogP contribution in [0.15, 0.2) is 176 Å². The van der Waals surface area contributed by atoms with Gasteiger partial charge >= 0.3 is 0 Å². The molecule has 0 aliphatic heterocycles. The first-order chi connectivity index (χ1) is 23.8. The molecule has 3 heteroatoms. The first-order valence-electron chi connectivity index (χ1n) is 16.4. The highest BCUT2D eigenvalue weighted by Gasteiger charge is 2.21. The fraction of sp³-hybridized carbons (Fsp3) is 0. The van der Waals surface area contributed by atoms with Gasteiger partial charge in [0.15, 0.2) is 0 Å². The Morgan fingerprint density at radius 1 is 0.354 bits per heavy atom. The molecule has 10 aromatic rings. The zero-order valence-electron chi connectivity index (χ0n) is 26.1. The summed E-state index contributed by atoms with van der Waals surface area (Å²) in [5.74, 6) is 0. The number of para-hydroxylation sites is 4. The summed E-state index contributed by atoms with van der Waals surface area (Å²) < 4.78 is 4.91. The van der Waals surface area contributed by atoms with Gasteiger partial charge in [0.05, 0.1) is 33.3 Å². The topological polar surface area (TPSA) is 22.8 Å². The predicted molar refractivity (Wildman–Crippen MR) is 201 cm³/mol. The molecule has 0 radical (unpaired) electrons. The molecular formula is C45H29N3. The minimum Gasteiger partial charge on any atom is -0.307 e.